The third-order valence-electron chi connectivity index (χ3n) is 3.66. The van der Waals surface area contributed by atoms with E-state index in [1.165, 1.54) is 0 Å². The summed E-state index contributed by atoms with van der Waals surface area (Å²) in [5.41, 5.74) is 2.05. The molecule has 0 amide bonds. The zero-order valence-corrected chi connectivity index (χ0v) is 13.4. The standard InChI is InChI=1S/C19H16N2O3/c1-3-22-15-10-6-7-11-16(15)24-19-18-17(20-12(2)21-19)13-8-4-5-9-14(13)23-18/h4-11H,3H2,1-2H3. The number of ether oxygens (including phenoxy) is 2. The summed E-state index contributed by atoms with van der Waals surface area (Å²) in [5.74, 6) is 2.28. The molecule has 0 saturated carbocycles. The first-order chi connectivity index (χ1) is 11.8. The predicted octanol–water partition coefficient (Wildman–Crippen LogP) is 4.88. The van der Waals surface area contributed by atoms with Crippen LogP contribution in [0.1, 0.15) is 12.7 Å². The van der Waals surface area contributed by atoms with Crippen molar-refractivity contribution in [3.8, 4) is 17.4 Å². The number of para-hydroxylation sites is 3. The van der Waals surface area contributed by atoms with Crippen LogP contribution in [0.2, 0.25) is 0 Å². The largest absolute Gasteiger partial charge is 0.490 e. The Morgan fingerprint density at radius 2 is 1.71 bits per heavy atom. The molecule has 2 heterocycles. The summed E-state index contributed by atoms with van der Waals surface area (Å²) >= 11 is 0. The van der Waals surface area contributed by atoms with Gasteiger partial charge in [0.05, 0.1) is 6.61 Å². The van der Waals surface area contributed by atoms with Crippen molar-refractivity contribution in [2.75, 3.05) is 6.61 Å². The summed E-state index contributed by atoms with van der Waals surface area (Å²) in [5, 5.41) is 0.945. The van der Waals surface area contributed by atoms with E-state index in [-0.39, 0.29) is 0 Å². The molecule has 0 N–H and O–H groups in total. The molecule has 0 aliphatic carbocycles. The maximum Gasteiger partial charge on any atom is 0.267 e. The minimum absolute atomic E-state index is 0.390. The molecule has 0 atom stereocenters. The van der Waals surface area contributed by atoms with E-state index >= 15 is 0 Å². The summed E-state index contributed by atoms with van der Waals surface area (Å²) < 4.78 is 17.5. The van der Waals surface area contributed by atoms with Crippen LogP contribution in [0.25, 0.3) is 22.1 Å². The Kier molecular flexibility index (Phi) is 3.54. The van der Waals surface area contributed by atoms with Gasteiger partial charge in [-0.25, -0.2) is 4.98 Å². The topological polar surface area (TPSA) is 57.4 Å². The van der Waals surface area contributed by atoms with E-state index in [0.29, 0.717) is 35.4 Å². The number of nitrogens with zero attached hydrogens (tertiary/aromatic N) is 2. The first-order valence-electron chi connectivity index (χ1n) is 7.82. The van der Waals surface area contributed by atoms with E-state index in [1.807, 2.05) is 62.4 Å². The lowest BCUT2D eigenvalue weighted by Crippen LogP contribution is -1.97. The molecule has 0 bridgehead atoms. The van der Waals surface area contributed by atoms with Gasteiger partial charge in [-0.3, -0.25) is 0 Å². The van der Waals surface area contributed by atoms with Gasteiger partial charge in [-0.1, -0.05) is 24.3 Å². The van der Waals surface area contributed by atoms with Crippen molar-refractivity contribution in [2.45, 2.75) is 13.8 Å². The molecule has 0 saturated heterocycles. The maximum absolute atomic E-state index is 6.02. The molecule has 24 heavy (non-hydrogen) atoms. The maximum atomic E-state index is 6.02. The minimum Gasteiger partial charge on any atom is -0.490 e. The molecular weight excluding hydrogens is 304 g/mol. The van der Waals surface area contributed by atoms with Crippen molar-refractivity contribution in [1.82, 2.24) is 9.97 Å². The van der Waals surface area contributed by atoms with Crippen LogP contribution in [-0.4, -0.2) is 16.6 Å². The fourth-order valence-corrected chi connectivity index (χ4v) is 2.65. The highest BCUT2D eigenvalue weighted by atomic mass is 16.5. The molecule has 4 aromatic rings. The molecule has 2 aromatic heterocycles. The molecule has 0 aliphatic rings. The predicted molar refractivity (Wildman–Crippen MR) is 91.7 cm³/mol. The number of aryl methyl sites for hydroxylation is 1. The summed E-state index contributed by atoms with van der Waals surface area (Å²) in [4.78, 5) is 8.92. The van der Waals surface area contributed by atoms with Crippen LogP contribution in [0.3, 0.4) is 0 Å². The van der Waals surface area contributed by atoms with E-state index in [4.69, 9.17) is 13.9 Å². The lowest BCUT2D eigenvalue weighted by molar-refractivity contribution is 0.319. The van der Waals surface area contributed by atoms with Crippen LogP contribution < -0.4 is 9.47 Å². The summed E-state index contributed by atoms with van der Waals surface area (Å²) in [6, 6.07) is 15.3. The van der Waals surface area contributed by atoms with E-state index < -0.39 is 0 Å². The van der Waals surface area contributed by atoms with Crippen molar-refractivity contribution in [1.29, 1.82) is 0 Å². The normalized spacial score (nSPS) is 11.1. The van der Waals surface area contributed by atoms with Crippen LogP contribution in [-0.2, 0) is 0 Å². The lowest BCUT2D eigenvalue weighted by Gasteiger charge is -2.10. The number of rotatable bonds is 4. The van der Waals surface area contributed by atoms with Crippen LogP contribution in [0.4, 0.5) is 0 Å². The van der Waals surface area contributed by atoms with Gasteiger partial charge in [0.1, 0.15) is 16.9 Å². The van der Waals surface area contributed by atoms with Crippen molar-refractivity contribution in [3.63, 3.8) is 0 Å². The van der Waals surface area contributed by atoms with Gasteiger partial charge >= 0.3 is 0 Å². The molecule has 0 spiro atoms. The SMILES string of the molecule is CCOc1ccccc1Oc1nc(C)nc2c1oc1ccccc12. The molecule has 5 heteroatoms. The number of hydrogen-bond donors (Lipinski definition) is 0. The zero-order chi connectivity index (χ0) is 16.5. The number of benzene rings is 2. The monoisotopic (exact) mass is 320 g/mol. The smallest absolute Gasteiger partial charge is 0.267 e. The summed E-state index contributed by atoms with van der Waals surface area (Å²) in [6.07, 6.45) is 0. The first-order valence-corrected chi connectivity index (χ1v) is 7.82. The van der Waals surface area contributed by atoms with Crippen molar-refractivity contribution in [3.05, 3.63) is 54.4 Å². The van der Waals surface area contributed by atoms with E-state index in [0.717, 1.165) is 16.5 Å². The quantitative estimate of drug-likeness (QED) is 0.536. The van der Waals surface area contributed by atoms with Gasteiger partial charge in [-0.2, -0.15) is 4.98 Å². The number of aromatic nitrogens is 2. The van der Waals surface area contributed by atoms with Gasteiger partial charge in [0.2, 0.25) is 5.58 Å². The summed E-state index contributed by atoms with van der Waals surface area (Å²) in [6.45, 7) is 4.33. The average molecular weight is 320 g/mol. The number of hydrogen-bond acceptors (Lipinski definition) is 5. The Hall–Kier alpha value is -3.08. The molecule has 0 radical (unpaired) electrons. The molecule has 4 rings (SSSR count). The summed E-state index contributed by atoms with van der Waals surface area (Å²) in [7, 11) is 0. The van der Waals surface area contributed by atoms with Crippen LogP contribution in [0, 0.1) is 6.92 Å². The van der Waals surface area contributed by atoms with Gasteiger partial charge in [0.15, 0.2) is 11.5 Å². The van der Waals surface area contributed by atoms with Crippen LogP contribution >= 0.6 is 0 Å². The fourth-order valence-electron chi connectivity index (χ4n) is 2.65. The number of furan rings is 1. The fraction of sp³-hybridized carbons (Fsp3) is 0.158. The van der Waals surface area contributed by atoms with Crippen molar-refractivity contribution in [2.24, 2.45) is 0 Å². The van der Waals surface area contributed by atoms with Crippen LogP contribution in [0.5, 0.6) is 17.4 Å². The second-order valence-corrected chi connectivity index (χ2v) is 5.33. The van der Waals surface area contributed by atoms with E-state index in [2.05, 4.69) is 9.97 Å². The van der Waals surface area contributed by atoms with Gasteiger partial charge in [0, 0.05) is 5.39 Å². The molecular formula is C19H16N2O3. The third kappa shape index (κ3) is 2.44. The first kappa shape index (κ1) is 14.5. The second kappa shape index (κ2) is 5.85. The number of fused-ring (bicyclic) bond motifs is 3. The Labute approximate surface area is 138 Å². The van der Waals surface area contributed by atoms with Crippen LogP contribution in [0.15, 0.2) is 52.9 Å². The van der Waals surface area contributed by atoms with E-state index in [9.17, 15) is 0 Å². The van der Waals surface area contributed by atoms with Crippen molar-refractivity contribution < 1.29 is 13.9 Å². The Morgan fingerprint density at radius 3 is 2.54 bits per heavy atom. The van der Waals surface area contributed by atoms with Gasteiger partial charge in [-0.05, 0) is 38.1 Å². The molecule has 0 fully saturated rings. The molecule has 5 nitrogen and oxygen atoms in total. The Balaban J connectivity index is 1.88. The van der Waals surface area contributed by atoms with Gasteiger partial charge in [0.25, 0.3) is 5.88 Å². The third-order valence-corrected chi connectivity index (χ3v) is 3.66. The molecule has 120 valence electrons. The second-order valence-electron chi connectivity index (χ2n) is 5.33. The Bertz CT molecular complexity index is 1020. The van der Waals surface area contributed by atoms with Crippen molar-refractivity contribution >= 4 is 22.1 Å². The Morgan fingerprint density at radius 1 is 0.958 bits per heavy atom. The van der Waals surface area contributed by atoms with E-state index in [1.54, 1.807) is 0 Å². The highest BCUT2D eigenvalue weighted by Gasteiger charge is 2.17. The zero-order valence-electron chi connectivity index (χ0n) is 13.4. The highest BCUT2D eigenvalue weighted by Crippen LogP contribution is 2.37. The molecule has 0 unspecified atom stereocenters. The average Bonchev–Trinajstić information content (AvgIpc) is 2.96. The van der Waals surface area contributed by atoms with Gasteiger partial charge < -0.3 is 13.9 Å². The molecule has 0 aliphatic heterocycles. The van der Waals surface area contributed by atoms with Gasteiger partial charge in [-0.15, -0.1) is 0 Å². The lowest BCUT2D eigenvalue weighted by atomic mass is 10.2. The minimum atomic E-state index is 0.390. The molecule has 2 aromatic carbocycles. The highest BCUT2D eigenvalue weighted by molar-refractivity contribution is 6.03.